The molecular formula is C24H21N5O7S. The molecule has 4 rings (SSSR count). The molecule has 37 heavy (non-hydrogen) atoms. The van der Waals surface area contributed by atoms with E-state index in [-0.39, 0.29) is 22.7 Å². The van der Waals surface area contributed by atoms with Crippen LogP contribution < -0.4 is 21.9 Å². The Kier molecular flexibility index (Phi) is 7.25. The van der Waals surface area contributed by atoms with Gasteiger partial charge in [0.25, 0.3) is 5.56 Å². The van der Waals surface area contributed by atoms with Crippen LogP contribution in [-0.2, 0) is 9.59 Å². The molecule has 0 aliphatic carbocycles. The van der Waals surface area contributed by atoms with Gasteiger partial charge in [0.1, 0.15) is 16.9 Å². The van der Waals surface area contributed by atoms with E-state index in [2.05, 4.69) is 25.6 Å². The number of nitrogens with one attached hydrogen (secondary N) is 4. The second kappa shape index (κ2) is 10.5. The molecule has 0 spiro atoms. The van der Waals surface area contributed by atoms with Crippen LogP contribution in [0.5, 0.6) is 5.88 Å². The summed E-state index contributed by atoms with van der Waals surface area (Å²) in [6.07, 6.45) is -0.199. The number of aliphatic imine (C=N–C) groups is 1. The molecule has 13 heteroatoms. The largest absolute Gasteiger partial charge is 0.494 e. The van der Waals surface area contributed by atoms with Crippen LogP contribution in [0.2, 0.25) is 0 Å². The van der Waals surface area contributed by atoms with Crippen LogP contribution in [0.25, 0.3) is 0 Å². The van der Waals surface area contributed by atoms with Crippen molar-refractivity contribution in [3.05, 3.63) is 91.6 Å². The summed E-state index contributed by atoms with van der Waals surface area (Å²) < 4.78 is 0. The minimum Gasteiger partial charge on any atom is -0.494 e. The van der Waals surface area contributed by atoms with Crippen molar-refractivity contribution in [2.75, 3.05) is 5.32 Å². The van der Waals surface area contributed by atoms with Crippen molar-refractivity contribution in [3.8, 4) is 5.88 Å². The van der Waals surface area contributed by atoms with Crippen LogP contribution in [-0.4, -0.2) is 48.4 Å². The van der Waals surface area contributed by atoms with Crippen molar-refractivity contribution < 1.29 is 24.6 Å². The standard InChI is InChI=1S/C24H21N5O7S/c1-11-2-4-12(5-3-11)18(17-20(32)27-23(36)28-21(17)33)26-24-29-19(31)15(37-24)10-16(30)25-14-8-6-13(7-9-14)22(34)35/h2-9,15,18H,10H2,1H3,(H,25,30)(H,34,35)(H,26,29,31)(H3,27,28,32,33,36)/t15-,18+/m1/s1. The van der Waals surface area contributed by atoms with Crippen LogP contribution in [0.15, 0.2) is 63.1 Å². The third-order valence-corrected chi connectivity index (χ3v) is 6.53. The monoisotopic (exact) mass is 523 g/mol. The Morgan fingerprint density at radius 2 is 1.73 bits per heavy atom. The van der Waals surface area contributed by atoms with Gasteiger partial charge in [0.2, 0.25) is 17.7 Å². The van der Waals surface area contributed by atoms with E-state index in [4.69, 9.17) is 5.11 Å². The number of amidine groups is 1. The predicted molar refractivity (Wildman–Crippen MR) is 136 cm³/mol. The number of aromatic hydroxyl groups is 1. The van der Waals surface area contributed by atoms with Gasteiger partial charge in [-0.3, -0.25) is 24.4 Å². The van der Waals surface area contributed by atoms with Gasteiger partial charge < -0.3 is 20.8 Å². The van der Waals surface area contributed by atoms with Gasteiger partial charge in [0, 0.05) is 12.1 Å². The quantitative estimate of drug-likeness (QED) is 0.268. The van der Waals surface area contributed by atoms with Crippen molar-refractivity contribution in [2.24, 2.45) is 4.99 Å². The molecule has 0 saturated carbocycles. The van der Waals surface area contributed by atoms with E-state index in [0.29, 0.717) is 11.3 Å². The van der Waals surface area contributed by atoms with Gasteiger partial charge in [0.15, 0.2) is 5.17 Å². The molecule has 0 unspecified atom stereocenters. The molecule has 190 valence electrons. The summed E-state index contributed by atoms with van der Waals surface area (Å²) >= 11 is 0.985. The molecule has 1 saturated heterocycles. The average molecular weight is 524 g/mol. The van der Waals surface area contributed by atoms with Gasteiger partial charge in [-0.15, -0.1) is 0 Å². The zero-order chi connectivity index (χ0) is 26.7. The number of aryl methyl sites for hydroxylation is 1. The number of amides is 2. The van der Waals surface area contributed by atoms with Crippen molar-refractivity contribution in [2.45, 2.75) is 24.6 Å². The highest BCUT2D eigenvalue weighted by molar-refractivity contribution is 8.15. The fraction of sp³-hybridized carbons (Fsp3) is 0.167. The van der Waals surface area contributed by atoms with Crippen molar-refractivity contribution in [1.29, 1.82) is 0 Å². The topological polar surface area (TPSA) is 194 Å². The Hall–Kier alpha value is -4.65. The summed E-state index contributed by atoms with van der Waals surface area (Å²) in [4.78, 5) is 68.8. The summed E-state index contributed by atoms with van der Waals surface area (Å²) in [7, 11) is 0. The normalized spacial score (nSPS) is 16.8. The maximum Gasteiger partial charge on any atom is 0.335 e. The number of rotatable bonds is 7. The number of carbonyl (C=O) groups is 3. The van der Waals surface area contributed by atoms with Crippen LogP contribution >= 0.6 is 11.8 Å². The molecule has 2 amide bonds. The molecule has 1 fully saturated rings. The molecule has 1 aromatic heterocycles. The summed E-state index contributed by atoms with van der Waals surface area (Å²) in [5.41, 5.74) is -0.0192. The summed E-state index contributed by atoms with van der Waals surface area (Å²) in [6, 6.07) is 11.5. The van der Waals surface area contributed by atoms with E-state index >= 15 is 0 Å². The van der Waals surface area contributed by atoms with E-state index in [1.54, 1.807) is 24.3 Å². The number of hydrogen-bond donors (Lipinski definition) is 6. The summed E-state index contributed by atoms with van der Waals surface area (Å²) in [6.45, 7) is 1.87. The molecule has 0 bridgehead atoms. The molecule has 12 nitrogen and oxygen atoms in total. The van der Waals surface area contributed by atoms with E-state index in [1.807, 2.05) is 6.92 Å². The molecule has 2 atom stereocenters. The third kappa shape index (κ3) is 5.95. The van der Waals surface area contributed by atoms with Crippen LogP contribution in [0.4, 0.5) is 5.69 Å². The first-order valence-corrected chi connectivity index (χ1v) is 11.8. The van der Waals surface area contributed by atoms with E-state index in [1.165, 1.54) is 24.3 Å². The van der Waals surface area contributed by atoms with E-state index in [9.17, 15) is 29.1 Å². The number of aromatic nitrogens is 2. The third-order valence-electron chi connectivity index (χ3n) is 5.43. The first-order valence-electron chi connectivity index (χ1n) is 10.9. The smallest absolute Gasteiger partial charge is 0.335 e. The second-order valence-electron chi connectivity index (χ2n) is 8.15. The van der Waals surface area contributed by atoms with Gasteiger partial charge in [-0.25, -0.2) is 14.6 Å². The van der Waals surface area contributed by atoms with Crippen LogP contribution in [0.1, 0.15) is 39.5 Å². The molecule has 0 radical (unpaired) electrons. The maximum absolute atomic E-state index is 12.5. The van der Waals surface area contributed by atoms with Crippen molar-refractivity contribution >= 4 is 40.4 Å². The summed E-state index contributed by atoms with van der Waals surface area (Å²) in [5, 5.41) is 23.8. The lowest BCUT2D eigenvalue weighted by atomic mass is 10.00. The lowest BCUT2D eigenvalue weighted by Gasteiger charge is -2.14. The number of carbonyl (C=O) groups excluding carboxylic acids is 2. The number of H-pyrrole nitrogens is 2. The Labute approximate surface area is 212 Å². The number of hydrogen-bond acceptors (Lipinski definition) is 8. The highest BCUT2D eigenvalue weighted by Crippen LogP contribution is 2.32. The Morgan fingerprint density at radius 3 is 2.35 bits per heavy atom. The fourth-order valence-electron chi connectivity index (χ4n) is 3.59. The lowest BCUT2D eigenvalue weighted by molar-refractivity contribution is -0.122. The minimum absolute atomic E-state index is 0.0695. The first kappa shape index (κ1) is 25.4. The Morgan fingerprint density at radius 1 is 1.05 bits per heavy atom. The molecule has 2 aromatic carbocycles. The molecule has 3 aromatic rings. The van der Waals surface area contributed by atoms with Gasteiger partial charge in [0.05, 0.1) is 5.56 Å². The van der Waals surface area contributed by atoms with Crippen molar-refractivity contribution in [3.63, 3.8) is 0 Å². The van der Waals surface area contributed by atoms with E-state index < -0.39 is 46.2 Å². The first-order chi connectivity index (χ1) is 17.6. The lowest BCUT2D eigenvalue weighted by Crippen LogP contribution is -2.29. The zero-order valence-electron chi connectivity index (χ0n) is 19.3. The molecule has 6 N–H and O–H groups in total. The van der Waals surface area contributed by atoms with E-state index in [0.717, 1.165) is 17.3 Å². The minimum atomic E-state index is -1.09. The summed E-state index contributed by atoms with van der Waals surface area (Å²) in [5.74, 6) is -2.68. The Balaban J connectivity index is 1.55. The van der Waals surface area contributed by atoms with Gasteiger partial charge in [-0.05, 0) is 36.8 Å². The average Bonchev–Trinajstić information content (AvgIpc) is 3.17. The van der Waals surface area contributed by atoms with Crippen molar-refractivity contribution in [1.82, 2.24) is 15.3 Å². The highest BCUT2D eigenvalue weighted by atomic mass is 32.2. The number of nitrogens with zero attached hydrogens (tertiary/aromatic N) is 1. The predicted octanol–water partition coefficient (Wildman–Crippen LogP) is 1.48. The Bertz CT molecular complexity index is 1510. The SMILES string of the molecule is Cc1ccc([C@H](N=C2NC(=O)[C@@H](CC(=O)Nc3ccc(C(=O)O)cc3)S2)c2c(O)[nH]c(=O)[nH]c2=O)cc1. The second-order valence-corrected chi connectivity index (χ2v) is 9.34. The number of anilines is 1. The van der Waals surface area contributed by atoms with Gasteiger partial charge in [-0.1, -0.05) is 41.6 Å². The molecular weight excluding hydrogens is 502 g/mol. The number of carboxylic acids is 1. The molecule has 1 aliphatic heterocycles. The van der Waals surface area contributed by atoms with Crippen LogP contribution in [0.3, 0.4) is 0 Å². The number of thioether (sulfide) groups is 1. The number of aromatic carboxylic acids is 1. The molecule has 2 heterocycles. The fourth-order valence-corrected chi connectivity index (χ4v) is 4.58. The van der Waals surface area contributed by atoms with Gasteiger partial charge >= 0.3 is 11.7 Å². The highest BCUT2D eigenvalue weighted by Gasteiger charge is 2.33. The number of benzene rings is 2. The van der Waals surface area contributed by atoms with Gasteiger partial charge in [-0.2, -0.15) is 0 Å². The maximum atomic E-state index is 12.5. The van der Waals surface area contributed by atoms with Crippen LogP contribution in [0, 0.1) is 6.92 Å². The number of carboxylic acid groups (broad SMARTS) is 1. The molecule has 1 aliphatic rings. The number of aromatic amines is 2. The zero-order valence-corrected chi connectivity index (χ0v) is 20.1.